The van der Waals surface area contributed by atoms with Crippen LogP contribution >= 0.6 is 0 Å². The maximum Gasteiger partial charge on any atom is 0.102 e. The largest absolute Gasteiger partial charge is 0.372 e. The molecule has 0 radical (unpaired) electrons. The van der Waals surface area contributed by atoms with Crippen molar-refractivity contribution < 1.29 is 14.0 Å². The van der Waals surface area contributed by atoms with E-state index < -0.39 is 0 Å². The summed E-state index contributed by atoms with van der Waals surface area (Å²) in [6, 6.07) is 0. The fourth-order valence-electron chi connectivity index (χ4n) is 4.80. The van der Waals surface area contributed by atoms with Crippen LogP contribution in [0.25, 0.3) is 0 Å². The Bertz CT molecular complexity index is 362. The Kier molecular flexibility index (Phi) is 3.67. The van der Waals surface area contributed by atoms with Gasteiger partial charge in [-0.05, 0) is 36.0 Å². The number of quaternary nitrogens is 1. The van der Waals surface area contributed by atoms with Gasteiger partial charge in [0.2, 0.25) is 0 Å². The Balaban J connectivity index is 1.53. The van der Waals surface area contributed by atoms with E-state index in [0.29, 0.717) is 16.9 Å². The normalized spacial score (nSPS) is 42.0. The highest BCUT2D eigenvalue weighted by molar-refractivity contribution is 5.11. The third-order valence-electron chi connectivity index (χ3n) is 7.22. The van der Waals surface area contributed by atoms with Gasteiger partial charge in [0.15, 0.2) is 0 Å². The van der Waals surface area contributed by atoms with Crippen LogP contribution in [0, 0.1) is 16.7 Å². The molecule has 0 spiro atoms. The first-order chi connectivity index (χ1) is 9.37. The number of fused-ring (bicyclic) bond motifs is 2. The first-order valence-electron chi connectivity index (χ1n) is 8.40. The van der Waals surface area contributed by atoms with Gasteiger partial charge in [-0.25, -0.2) is 0 Å². The molecule has 2 bridgehead atoms. The van der Waals surface area contributed by atoms with Crippen LogP contribution in [0.2, 0.25) is 0 Å². The van der Waals surface area contributed by atoms with E-state index >= 15 is 0 Å². The van der Waals surface area contributed by atoms with Gasteiger partial charge in [-0.15, -0.1) is 0 Å². The Labute approximate surface area is 124 Å². The number of morpholine rings is 1. The summed E-state index contributed by atoms with van der Waals surface area (Å²) in [5, 5.41) is 0. The summed E-state index contributed by atoms with van der Waals surface area (Å²) in [5.74, 6) is 0.880. The van der Waals surface area contributed by atoms with E-state index in [-0.39, 0.29) is 0 Å². The van der Waals surface area contributed by atoms with E-state index in [4.69, 9.17) is 9.47 Å². The summed E-state index contributed by atoms with van der Waals surface area (Å²) in [7, 11) is 2.35. The second-order valence-electron chi connectivity index (χ2n) is 8.37. The minimum atomic E-state index is 0.404. The first-order valence-corrected chi connectivity index (χ1v) is 8.40. The molecular weight excluding hydrogens is 250 g/mol. The second kappa shape index (κ2) is 4.96. The molecule has 1 aliphatic heterocycles. The molecule has 0 aromatic rings. The van der Waals surface area contributed by atoms with Crippen LogP contribution in [0.4, 0.5) is 0 Å². The quantitative estimate of drug-likeness (QED) is 0.738. The number of rotatable bonds is 4. The molecule has 0 unspecified atom stereocenters. The van der Waals surface area contributed by atoms with Crippen molar-refractivity contribution in [2.24, 2.45) is 16.7 Å². The molecule has 116 valence electrons. The summed E-state index contributed by atoms with van der Waals surface area (Å²) >= 11 is 0. The predicted octanol–water partition coefficient (Wildman–Crippen LogP) is 2.69. The third-order valence-corrected chi connectivity index (χ3v) is 7.22. The molecule has 3 atom stereocenters. The predicted molar refractivity (Wildman–Crippen MR) is 80.6 cm³/mol. The van der Waals surface area contributed by atoms with Crippen LogP contribution in [-0.4, -0.2) is 57.1 Å². The molecule has 3 aliphatic rings. The third kappa shape index (κ3) is 2.22. The van der Waals surface area contributed by atoms with Gasteiger partial charge < -0.3 is 14.0 Å². The molecule has 0 aromatic heterocycles. The summed E-state index contributed by atoms with van der Waals surface area (Å²) < 4.78 is 13.0. The van der Waals surface area contributed by atoms with Crippen molar-refractivity contribution in [3.8, 4) is 0 Å². The number of likely N-dealkylation sites (N-methyl/N-ethyl adjacent to an activating group) is 1. The van der Waals surface area contributed by atoms with Gasteiger partial charge in [0.1, 0.15) is 19.6 Å². The average molecular weight is 282 g/mol. The minimum Gasteiger partial charge on any atom is -0.372 e. The van der Waals surface area contributed by atoms with Crippen LogP contribution in [0.5, 0.6) is 0 Å². The lowest BCUT2D eigenvalue weighted by atomic mass is 9.70. The summed E-state index contributed by atoms with van der Waals surface area (Å²) in [6.07, 6.45) is 4.55. The highest BCUT2D eigenvalue weighted by Crippen LogP contribution is 2.66. The minimum absolute atomic E-state index is 0.404. The van der Waals surface area contributed by atoms with Gasteiger partial charge >= 0.3 is 0 Å². The molecule has 1 saturated heterocycles. The number of nitrogens with zero attached hydrogens (tertiary/aromatic N) is 1. The van der Waals surface area contributed by atoms with Crippen molar-refractivity contribution >= 4 is 0 Å². The molecule has 3 nitrogen and oxygen atoms in total. The fraction of sp³-hybridized carbons (Fsp3) is 1.00. The second-order valence-corrected chi connectivity index (χ2v) is 8.37. The van der Waals surface area contributed by atoms with E-state index in [0.717, 1.165) is 49.9 Å². The lowest BCUT2D eigenvalue weighted by molar-refractivity contribution is -0.917. The van der Waals surface area contributed by atoms with E-state index in [2.05, 4.69) is 27.8 Å². The SMILES string of the molecule is CC1(C)[C@@H]2CC[C@]1(C)[C@@H](OCC[N+]1(C)CCOCC1)C2. The van der Waals surface area contributed by atoms with Crippen LogP contribution in [0.3, 0.4) is 0 Å². The first kappa shape index (κ1) is 14.8. The van der Waals surface area contributed by atoms with Gasteiger partial charge in [0.25, 0.3) is 0 Å². The van der Waals surface area contributed by atoms with Crippen molar-refractivity contribution in [3.63, 3.8) is 0 Å². The highest BCUT2D eigenvalue weighted by atomic mass is 16.5. The smallest absolute Gasteiger partial charge is 0.102 e. The van der Waals surface area contributed by atoms with Crippen molar-refractivity contribution in [1.29, 1.82) is 0 Å². The zero-order valence-electron chi connectivity index (χ0n) is 13.8. The molecule has 0 amide bonds. The van der Waals surface area contributed by atoms with Crippen LogP contribution < -0.4 is 0 Å². The van der Waals surface area contributed by atoms with E-state index in [1.54, 1.807) is 0 Å². The molecule has 3 heteroatoms. The standard InChI is InChI=1S/C17H32NO2/c1-16(2)14-5-6-17(16,3)15(13-14)20-12-9-18(4)7-10-19-11-8-18/h14-15H,5-13H2,1-4H3/q+1/t14-,15+,17-/m1/s1. The molecule has 20 heavy (non-hydrogen) atoms. The molecule has 1 heterocycles. The van der Waals surface area contributed by atoms with Crippen molar-refractivity contribution in [2.75, 3.05) is 46.5 Å². The molecule has 3 fully saturated rings. The van der Waals surface area contributed by atoms with E-state index in [1.807, 2.05) is 0 Å². The van der Waals surface area contributed by atoms with Crippen LogP contribution in [0.1, 0.15) is 40.0 Å². The van der Waals surface area contributed by atoms with Crippen molar-refractivity contribution in [1.82, 2.24) is 0 Å². The van der Waals surface area contributed by atoms with Crippen LogP contribution in [-0.2, 0) is 9.47 Å². The topological polar surface area (TPSA) is 18.5 Å². The Morgan fingerprint density at radius 3 is 2.45 bits per heavy atom. The van der Waals surface area contributed by atoms with E-state index in [9.17, 15) is 0 Å². The molecular formula is C17H32NO2+. The number of hydrogen-bond acceptors (Lipinski definition) is 2. The zero-order valence-corrected chi connectivity index (χ0v) is 13.8. The molecule has 0 N–H and O–H groups in total. The Morgan fingerprint density at radius 2 is 1.90 bits per heavy atom. The highest BCUT2D eigenvalue weighted by Gasteiger charge is 2.61. The van der Waals surface area contributed by atoms with Crippen molar-refractivity contribution in [3.05, 3.63) is 0 Å². The van der Waals surface area contributed by atoms with Crippen molar-refractivity contribution in [2.45, 2.75) is 46.1 Å². The van der Waals surface area contributed by atoms with Crippen LogP contribution in [0.15, 0.2) is 0 Å². The Hall–Kier alpha value is -0.120. The zero-order chi connectivity index (χ0) is 14.4. The van der Waals surface area contributed by atoms with Gasteiger partial charge in [0, 0.05) is 0 Å². The fourth-order valence-corrected chi connectivity index (χ4v) is 4.80. The molecule has 2 saturated carbocycles. The molecule has 2 aliphatic carbocycles. The monoisotopic (exact) mass is 282 g/mol. The molecule has 0 aromatic carbocycles. The van der Waals surface area contributed by atoms with Gasteiger partial charge in [-0.3, -0.25) is 0 Å². The average Bonchev–Trinajstić information content (AvgIpc) is 2.72. The molecule has 3 rings (SSSR count). The van der Waals surface area contributed by atoms with E-state index in [1.165, 1.54) is 19.3 Å². The number of hydrogen-bond donors (Lipinski definition) is 0. The summed E-state index contributed by atoms with van der Waals surface area (Å²) in [6.45, 7) is 13.5. The van der Waals surface area contributed by atoms with Gasteiger partial charge in [-0.2, -0.15) is 0 Å². The maximum atomic E-state index is 6.39. The Morgan fingerprint density at radius 1 is 1.20 bits per heavy atom. The van der Waals surface area contributed by atoms with Gasteiger partial charge in [0.05, 0.1) is 33.0 Å². The van der Waals surface area contributed by atoms with Gasteiger partial charge in [-0.1, -0.05) is 20.8 Å². The lowest BCUT2D eigenvalue weighted by Crippen LogP contribution is -2.53. The summed E-state index contributed by atoms with van der Waals surface area (Å²) in [5.41, 5.74) is 0.871. The lowest BCUT2D eigenvalue weighted by Gasteiger charge is -2.40. The summed E-state index contributed by atoms with van der Waals surface area (Å²) in [4.78, 5) is 0. The maximum absolute atomic E-state index is 6.39. The number of ether oxygens (including phenoxy) is 2.